The predicted octanol–water partition coefficient (Wildman–Crippen LogP) is 3.42. The van der Waals surface area contributed by atoms with Crippen LogP contribution in [0, 0.1) is 0 Å². The fraction of sp³-hybridized carbons (Fsp3) is 0.379. The van der Waals surface area contributed by atoms with Crippen LogP contribution in [0.4, 0.5) is 23.3 Å². The van der Waals surface area contributed by atoms with Crippen LogP contribution >= 0.6 is 0 Å². The van der Waals surface area contributed by atoms with E-state index in [2.05, 4.69) is 73.5 Å². The van der Waals surface area contributed by atoms with E-state index in [4.69, 9.17) is 0 Å². The average Bonchev–Trinajstić information content (AvgIpc) is 2.90. The number of benzene rings is 1. The van der Waals surface area contributed by atoms with Crippen molar-refractivity contribution < 1.29 is 9.90 Å². The average molecular weight is 531 g/mol. The second-order valence-corrected chi connectivity index (χ2v) is 10.5. The van der Waals surface area contributed by atoms with Gasteiger partial charge in [0.2, 0.25) is 5.95 Å². The normalized spacial score (nSPS) is 13.6. The molecule has 39 heavy (non-hydrogen) atoms. The van der Waals surface area contributed by atoms with Gasteiger partial charge in [0.25, 0.3) is 5.91 Å². The van der Waals surface area contributed by atoms with Crippen LogP contribution in [0.3, 0.4) is 0 Å². The van der Waals surface area contributed by atoms with Gasteiger partial charge in [-0.2, -0.15) is 4.98 Å². The molecule has 206 valence electrons. The van der Waals surface area contributed by atoms with E-state index in [0.717, 1.165) is 38.3 Å². The number of anilines is 4. The molecule has 0 radical (unpaired) electrons. The highest BCUT2D eigenvalue weighted by Crippen LogP contribution is 2.26. The number of carbonyl (C=O) groups excluding carboxylic acids is 1. The summed E-state index contributed by atoms with van der Waals surface area (Å²) in [6, 6.07) is 11.6. The van der Waals surface area contributed by atoms with E-state index < -0.39 is 5.60 Å². The molecule has 3 aromatic rings. The maximum absolute atomic E-state index is 12.8. The topological polar surface area (TPSA) is 119 Å². The van der Waals surface area contributed by atoms with Crippen LogP contribution in [-0.2, 0) is 18.6 Å². The van der Waals surface area contributed by atoms with Gasteiger partial charge in [0, 0.05) is 44.6 Å². The number of aliphatic hydroxyl groups is 1. The van der Waals surface area contributed by atoms with Crippen molar-refractivity contribution in [3.05, 3.63) is 77.6 Å². The molecule has 1 aromatic carbocycles. The lowest BCUT2D eigenvalue weighted by atomic mass is 9.99. The summed E-state index contributed by atoms with van der Waals surface area (Å²) in [5, 5.41) is 19.6. The molecule has 10 heteroatoms. The van der Waals surface area contributed by atoms with Crippen LogP contribution in [0.25, 0.3) is 0 Å². The zero-order chi connectivity index (χ0) is 28.0. The third kappa shape index (κ3) is 7.60. The van der Waals surface area contributed by atoms with Gasteiger partial charge in [-0.1, -0.05) is 18.2 Å². The first-order valence-electron chi connectivity index (χ1n) is 13.1. The molecule has 0 atom stereocenters. The van der Waals surface area contributed by atoms with E-state index in [1.165, 1.54) is 17.3 Å². The molecule has 0 spiro atoms. The smallest absolute Gasteiger partial charge is 0.256 e. The molecule has 0 fully saturated rings. The van der Waals surface area contributed by atoms with Gasteiger partial charge in [-0.25, -0.2) is 9.97 Å². The Kier molecular flexibility index (Phi) is 8.90. The summed E-state index contributed by atoms with van der Waals surface area (Å²) in [7, 11) is 4.19. The molecular formula is C29H38N8O2. The molecule has 3 heterocycles. The highest BCUT2D eigenvalue weighted by molar-refractivity contribution is 5.99. The second kappa shape index (κ2) is 12.3. The maximum Gasteiger partial charge on any atom is 0.256 e. The molecule has 2 aromatic heterocycles. The van der Waals surface area contributed by atoms with Crippen molar-refractivity contribution in [3.63, 3.8) is 0 Å². The molecule has 0 saturated carbocycles. The molecule has 4 N–H and O–H groups in total. The summed E-state index contributed by atoms with van der Waals surface area (Å²) in [6.45, 7) is 11.3. The standard InChI is InChI=1S/C29H38N8O2/c1-6-13-30-27(38)23-18-31-28(35-26(23)34-25-9-7-8-24(33-25)29(2,3)39)32-22-11-10-20-12-14-37(16-15-36(4)5)19-21(20)17-22/h6-11,17-18,39H,1,12-16,19H2,2-5H3,(H,30,38)(H2,31,32,33,34,35). The number of pyridine rings is 1. The Morgan fingerprint density at radius 2 is 2.00 bits per heavy atom. The van der Waals surface area contributed by atoms with Gasteiger partial charge in [0.1, 0.15) is 22.8 Å². The Morgan fingerprint density at radius 3 is 2.74 bits per heavy atom. The van der Waals surface area contributed by atoms with Crippen LogP contribution in [0.5, 0.6) is 0 Å². The largest absolute Gasteiger partial charge is 0.384 e. The summed E-state index contributed by atoms with van der Waals surface area (Å²) < 4.78 is 0. The number of fused-ring (bicyclic) bond motifs is 1. The molecule has 1 aliphatic rings. The van der Waals surface area contributed by atoms with E-state index in [1.54, 1.807) is 38.1 Å². The summed E-state index contributed by atoms with van der Waals surface area (Å²) in [5.41, 5.74) is 3.16. The molecule has 0 bridgehead atoms. The summed E-state index contributed by atoms with van der Waals surface area (Å²) in [5.74, 6) is 0.747. The molecular weight excluding hydrogens is 492 g/mol. The fourth-order valence-electron chi connectivity index (χ4n) is 4.28. The van der Waals surface area contributed by atoms with Crippen molar-refractivity contribution in [2.75, 3.05) is 50.9 Å². The van der Waals surface area contributed by atoms with E-state index in [9.17, 15) is 9.90 Å². The zero-order valence-electron chi connectivity index (χ0n) is 23.2. The third-order valence-electron chi connectivity index (χ3n) is 6.48. The van der Waals surface area contributed by atoms with Gasteiger partial charge in [0.15, 0.2) is 0 Å². The van der Waals surface area contributed by atoms with Gasteiger partial charge >= 0.3 is 0 Å². The number of likely N-dealkylation sites (N-methyl/N-ethyl adjacent to an activating group) is 1. The van der Waals surface area contributed by atoms with E-state index in [0.29, 0.717) is 29.8 Å². The minimum atomic E-state index is -1.12. The molecule has 1 aliphatic heterocycles. The summed E-state index contributed by atoms with van der Waals surface area (Å²) >= 11 is 0. The van der Waals surface area contributed by atoms with Gasteiger partial charge in [0.05, 0.1) is 5.69 Å². The van der Waals surface area contributed by atoms with Crippen LogP contribution in [0.1, 0.15) is 41.0 Å². The lowest BCUT2D eigenvalue weighted by Crippen LogP contribution is -2.35. The molecule has 0 unspecified atom stereocenters. The lowest BCUT2D eigenvalue weighted by Gasteiger charge is -2.30. The number of nitrogens with one attached hydrogen (secondary N) is 3. The molecule has 0 saturated heterocycles. The molecule has 0 aliphatic carbocycles. The van der Waals surface area contributed by atoms with Gasteiger partial charge < -0.3 is 26.0 Å². The highest BCUT2D eigenvalue weighted by Gasteiger charge is 2.20. The van der Waals surface area contributed by atoms with Gasteiger partial charge in [-0.15, -0.1) is 6.58 Å². The molecule has 4 rings (SSSR count). The summed E-state index contributed by atoms with van der Waals surface area (Å²) in [6.07, 6.45) is 4.12. The maximum atomic E-state index is 12.8. The minimum absolute atomic E-state index is 0.264. The zero-order valence-corrected chi connectivity index (χ0v) is 23.2. The third-order valence-corrected chi connectivity index (χ3v) is 6.48. The number of aromatic nitrogens is 3. The van der Waals surface area contributed by atoms with Crippen LogP contribution < -0.4 is 16.0 Å². The number of rotatable bonds is 11. The SMILES string of the molecule is C=CCNC(=O)c1cnc(Nc2ccc3c(c2)CN(CCN(C)C)CC3)nc1Nc1cccc(C(C)(C)O)n1. The fourth-order valence-corrected chi connectivity index (χ4v) is 4.28. The Balaban J connectivity index is 1.58. The minimum Gasteiger partial charge on any atom is -0.384 e. The van der Waals surface area contributed by atoms with Crippen molar-refractivity contribution in [2.24, 2.45) is 0 Å². The van der Waals surface area contributed by atoms with Crippen molar-refractivity contribution in [1.29, 1.82) is 0 Å². The molecule has 10 nitrogen and oxygen atoms in total. The van der Waals surface area contributed by atoms with Gasteiger partial charge in [-0.3, -0.25) is 9.69 Å². The highest BCUT2D eigenvalue weighted by atomic mass is 16.3. The van der Waals surface area contributed by atoms with Crippen LogP contribution in [0.15, 0.2) is 55.3 Å². The van der Waals surface area contributed by atoms with Crippen LogP contribution in [-0.4, -0.2) is 76.0 Å². The van der Waals surface area contributed by atoms with Crippen molar-refractivity contribution in [2.45, 2.75) is 32.4 Å². The Morgan fingerprint density at radius 1 is 1.18 bits per heavy atom. The Labute approximate surface area is 230 Å². The van der Waals surface area contributed by atoms with Crippen molar-refractivity contribution in [1.82, 2.24) is 30.1 Å². The van der Waals surface area contributed by atoms with E-state index >= 15 is 0 Å². The van der Waals surface area contributed by atoms with E-state index in [-0.39, 0.29) is 11.5 Å². The molecule has 1 amide bonds. The number of amides is 1. The van der Waals surface area contributed by atoms with Crippen LogP contribution in [0.2, 0.25) is 0 Å². The number of hydrogen-bond donors (Lipinski definition) is 4. The first kappa shape index (κ1) is 28.2. The Bertz CT molecular complexity index is 1320. The quantitative estimate of drug-likeness (QED) is 0.277. The number of nitrogens with zero attached hydrogens (tertiary/aromatic N) is 5. The second-order valence-electron chi connectivity index (χ2n) is 10.5. The van der Waals surface area contributed by atoms with Crippen molar-refractivity contribution >= 4 is 29.2 Å². The predicted molar refractivity (Wildman–Crippen MR) is 155 cm³/mol. The monoisotopic (exact) mass is 530 g/mol. The van der Waals surface area contributed by atoms with Gasteiger partial charge in [-0.05, 0) is 69.8 Å². The van der Waals surface area contributed by atoms with E-state index in [1.807, 2.05) is 6.07 Å². The lowest BCUT2D eigenvalue weighted by molar-refractivity contribution is 0.0740. The first-order chi connectivity index (χ1) is 18.6. The van der Waals surface area contributed by atoms with Crippen molar-refractivity contribution in [3.8, 4) is 0 Å². The number of carbonyl (C=O) groups is 1. The Hall–Kier alpha value is -3.86. The number of hydrogen-bond acceptors (Lipinski definition) is 9. The first-order valence-corrected chi connectivity index (χ1v) is 13.1. The summed E-state index contributed by atoms with van der Waals surface area (Å²) in [4.78, 5) is 31.0.